The molecule has 0 atom stereocenters. The standard InChI is InChI=1S/C17H18N2OS/c1-11(2)20-14-7-5-13(6-8-14)18-17-19-15-10-12(3)4-9-16(15)21-17/h4-11H,1-3H3,(H,18,19). The quantitative estimate of drug-likeness (QED) is 0.724. The van der Waals surface area contributed by atoms with Gasteiger partial charge in [-0.2, -0.15) is 0 Å². The minimum atomic E-state index is 0.191. The maximum absolute atomic E-state index is 5.64. The van der Waals surface area contributed by atoms with E-state index in [4.69, 9.17) is 4.74 Å². The molecule has 0 unspecified atom stereocenters. The second-order valence-corrected chi connectivity index (χ2v) is 6.34. The Kier molecular flexibility index (Phi) is 3.80. The lowest BCUT2D eigenvalue weighted by atomic mass is 10.2. The number of rotatable bonds is 4. The topological polar surface area (TPSA) is 34.1 Å². The van der Waals surface area contributed by atoms with Crippen LogP contribution in [0, 0.1) is 6.92 Å². The highest BCUT2D eigenvalue weighted by molar-refractivity contribution is 7.22. The SMILES string of the molecule is Cc1ccc2sc(Nc3ccc(OC(C)C)cc3)nc2c1. The normalized spacial score (nSPS) is 11.0. The van der Waals surface area contributed by atoms with E-state index in [1.165, 1.54) is 10.3 Å². The molecule has 3 rings (SSSR count). The zero-order valence-corrected chi connectivity index (χ0v) is 13.2. The molecule has 0 fully saturated rings. The maximum Gasteiger partial charge on any atom is 0.188 e. The molecule has 108 valence electrons. The number of aryl methyl sites for hydroxylation is 1. The average Bonchev–Trinajstić information content (AvgIpc) is 2.82. The molecule has 21 heavy (non-hydrogen) atoms. The summed E-state index contributed by atoms with van der Waals surface area (Å²) in [5.41, 5.74) is 3.29. The Balaban J connectivity index is 1.78. The summed E-state index contributed by atoms with van der Waals surface area (Å²) in [5.74, 6) is 0.885. The van der Waals surface area contributed by atoms with Crippen LogP contribution in [0.5, 0.6) is 5.75 Å². The molecule has 0 saturated heterocycles. The Morgan fingerprint density at radius 1 is 1.10 bits per heavy atom. The van der Waals surface area contributed by atoms with Crippen molar-refractivity contribution in [2.75, 3.05) is 5.32 Å². The van der Waals surface area contributed by atoms with E-state index < -0.39 is 0 Å². The van der Waals surface area contributed by atoms with Gasteiger partial charge in [-0.3, -0.25) is 0 Å². The number of nitrogens with one attached hydrogen (secondary N) is 1. The number of thiazole rings is 1. The number of hydrogen-bond donors (Lipinski definition) is 1. The molecule has 1 aromatic heterocycles. The monoisotopic (exact) mass is 298 g/mol. The van der Waals surface area contributed by atoms with Crippen molar-refractivity contribution < 1.29 is 4.74 Å². The van der Waals surface area contributed by atoms with Gasteiger partial charge in [-0.1, -0.05) is 17.4 Å². The van der Waals surface area contributed by atoms with Crippen LogP contribution < -0.4 is 10.1 Å². The minimum Gasteiger partial charge on any atom is -0.491 e. The number of ether oxygens (including phenoxy) is 1. The van der Waals surface area contributed by atoms with Gasteiger partial charge in [0.1, 0.15) is 5.75 Å². The number of anilines is 2. The molecule has 0 aliphatic heterocycles. The molecular weight excluding hydrogens is 280 g/mol. The molecule has 0 saturated carbocycles. The molecule has 4 heteroatoms. The summed E-state index contributed by atoms with van der Waals surface area (Å²) in [4.78, 5) is 4.62. The highest BCUT2D eigenvalue weighted by atomic mass is 32.1. The molecule has 0 aliphatic rings. The third-order valence-electron chi connectivity index (χ3n) is 3.02. The first-order chi connectivity index (χ1) is 10.1. The zero-order chi connectivity index (χ0) is 14.8. The van der Waals surface area contributed by atoms with Crippen molar-refractivity contribution in [2.45, 2.75) is 26.9 Å². The molecule has 0 spiro atoms. The number of nitrogens with zero attached hydrogens (tertiary/aromatic N) is 1. The van der Waals surface area contributed by atoms with Gasteiger partial charge >= 0.3 is 0 Å². The molecule has 1 heterocycles. The van der Waals surface area contributed by atoms with E-state index in [9.17, 15) is 0 Å². The Hall–Kier alpha value is -2.07. The van der Waals surface area contributed by atoms with E-state index in [-0.39, 0.29) is 6.10 Å². The van der Waals surface area contributed by atoms with Gasteiger partial charge in [0, 0.05) is 5.69 Å². The number of aromatic nitrogens is 1. The van der Waals surface area contributed by atoms with Gasteiger partial charge in [0.2, 0.25) is 0 Å². The van der Waals surface area contributed by atoms with Crippen LogP contribution in [0.1, 0.15) is 19.4 Å². The van der Waals surface area contributed by atoms with E-state index in [2.05, 4.69) is 35.4 Å². The number of benzene rings is 2. The highest BCUT2D eigenvalue weighted by Gasteiger charge is 2.04. The van der Waals surface area contributed by atoms with Crippen LogP contribution in [0.4, 0.5) is 10.8 Å². The van der Waals surface area contributed by atoms with Gasteiger partial charge < -0.3 is 10.1 Å². The Labute approximate surface area is 128 Å². The minimum absolute atomic E-state index is 0.191. The van der Waals surface area contributed by atoms with Crippen LogP contribution in [0.3, 0.4) is 0 Å². The zero-order valence-electron chi connectivity index (χ0n) is 12.4. The van der Waals surface area contributed by atoms with Crippen molar-refractivity contribution in [1.82, 2.24) is 4.98 Å². The van der Waals surface area contributed by atoms with Gasteiger partial charge in [0.25, 0.3) is 0 Å². The molecule has 0 bridgehead atoms. The Morgan fingerprint density at radius 3 is 2.57 bits per heavy atom. The Morgan fingerprint density at radius 2 is 1.86 bits per heavy atom. The van der Waals surface area contributed by atoms with Gasteiger partial charge in [-0.25, -0.2) is 4.98 Å². The van der Waals surface area contributed by atoms with Crippen LogP contribution in [0.25, 0.3) is 10.2 Å². The smallest absolute Gasteiger partial charge is 0.188 e. The average molecular weight is 298 g/mol. The number of hydrogen-bond acceptors (Lipinski definition) is 4. The van der Waals surface area contributed by atoms with Crippen molar-refractivity contribution in [3.05, 3.63) is 48.0 Å². The van der Waals surface area contributed by atoms with Crippen molar-refractivity contribution in [3.8, 4) is 5.75 Å². The van der Waals surface area contributed by atoms with Crippen LogP contribution in [-0.4, -0.2) is 11.1 Å². The number of fused-ring (bicyclic) bond motifs is 1. The first-order valence-electron chi connectivity index (χ1n) is 7.01. The van der Waals surface area contributed by atoms with Crippen LogP contribution in [0.15, 0.2) is 42.5 Å². The largest absolute Gasteiger partial charge is 0.491 e. The Bertz CT molecular complexity index is 747. The molecule has 0 amide bonds. The van der Waals surface area contributed by atoms with Gasteiger partial charge in [-0.05, 0) is 62.7 Å². The van der Waals surface area contributed by atoms with Crippen LogP contribution in [0.2, 0.25) is 0 Å². The summed E-state index contributed by atoms with van der Waals surface area (Å²) < 4.78 is 6.84. The lowest BCUT2D eigenvalue weighted by Gasteiger charge is -2.10. The van der Waals surface area contributed by atoms with E-state index >= 15 is 0 Å². The fraction of sp³-hybridized carbons (Fsp3) is 0.235. The molecule has 0 radical (unpaired) electrons. The lowest BCUT2D eigenvalue weighted by Crippen LogP contribution is -2.05. The van der Waals surface area contributed by atoms with Crippen molar-refractivity contribution in [2.24, 2.45) is 0 Å². The summed E-state index contributed by atoms with van der Waals surface area (Å²) in [5, 5.41) is 4.26. The van der Waals surface area contributed by atoms with Crippen molar-refractivity contribution >= 4 is 32.4 Å². The lowest BCUT2D eigenvalue weighted by molar-refractivity contribution is 0.242. The second-order valence-electron chi connectivity index (χ2n) is 5.31. The van der Waals surface area contributed by atoms with E-state index in [1.54, 1.807) is 11.3 Å². The van der Waals surface area contributed by atoms with Crippen LogP contribution >= 0.6 is 11.3 Å². The summed E-state index contributed by atoms with van der Waals surface area (Å²) >= 11 is 1.66. The van der Waals surface area contributed by atoms with Crippen molar-refractivity contribution in [3.63, 3.8) is 0 Å². The third kappa shape index (κ3) is 3.34. The summed E-state index contributed by atoms with van der Waals surface area (Å²) in [7, 11) is 0. The van der Waals surface area contributed by atoms with Crippen LogP contribution in [-0.2, 0) is 0 Å². The highest BCUT2D eigenvalue weighted by Crippen LogP contribution is 2.29. The van der Waals surface area contributed by atoms with E-state index in [0.717, 1.165) is 22.1 Å². The molecule has 1 N–H and O–H groups in total. The van der Waals surface area contributed by atoms with Gasteiger partial charge in [0.05, 0.1) is 16.3 Å². The first kappa shape index (κ1) is 13.9. The summed E-state index contributed by atoms with van der Waals surface area (Å²) in [6, 6.07) is 14.3. The predicted octanol–water partition coefficient (Wildman–Crippen LogP) is 5.14. The van der Waals surface area contributed by atoms with E-state index in [0.29, 0.717) is 0 Å². The fourth-order valence-electron chi connectivity index (χ4n) is 2.10. The molecule has 3 nitrogen and oxygen atoms in total. The molecular formula is C17H18N2OS. The maximum atomic E-state index is 5.64. The van der Waals surface area contributed by atoms with Gasteiger partial charge in [-0.15, -0.1) is 0 Å². The summed E-state index contributed by atoms with van der Waals surface area (Å²) in [6.07, 6.45) is 0.191. The summed E-state index contributed by atoms with van der Waals surface area (Å²) in [6.45, 7) is 6.13. The first-order valence-corrected chi connectivity index (χ1v) is 7.83. The van der Waals surface area contributed by atoms with Crippen molar-refractivity contribution in [1.29, 1.82) is 0 Å². The second kappa shape index (κ2) is 5.74. The molecule has 3 aromatic rings. The molecule has 2 aromatic carbocycles. The molecule has 0 aliphatic carbocycles. The fourth-order valence-corrected chi connectivity index (χ4v) is 2.97. The predicted molar refractivity (Wildman–Crippen MR) is 89.8 cm³/mol. The van der Waals surface area contributed by atoms with E-state index in [1.807, 2.05) is 38.1 Å². The third-order valence-corrected chi connectivity index (χ3v) is 3.97. The van der Waals surface area contributed by atoms with Gasteiger partial charge in [0.15, 0.2) is 5.13 Å².